The van der Waals surface area contributed by atoms with Crippen molar-refractivity contribution in [2.24, 2.45) is 0 Å². The molecule has 2 fully saturated rings. The topological polar surface area (TPSA) is 71.4 Å². The number of fused-ring (bicyclic) bond motifs is 3. The first-order valence-corrected chi connectivity index (χ1v) is 11.1. The third-order valence-corrected chi connectivity index (χ3v) is 7.03. The molecule has 8 heteroatoms. The highest BCUT2D eigenvalue weighted by Gasteiger charge is 2.36. The number of nitrogens with zero attached hydrogens (tertiary/aromatic N) is 2. The zero-order chi connectivity index (χ0) is 19.3. The summed E-state index contributed by atoms with van der Waals surface area (Å²) in [5, 5.41) is 3.38. The molecule has 146 valence electrons. The lowest BCUT2D eigenvalue weighted by molar-refractivity contribution is 0.0463. The van der Waals surface area contributed by atoms with Gasteiger partial charge < -0.3 is 10.2 Å². The molecule has 6 nitrogen and oxygen atoms in total. The van der Waals surface area contributed by atoms with E-state index in [0.717, 1.165) is 35.9 Å². The van der Waals surface area contributed by atoms with E-state index in [1.54, 1.807) is 0 Å². The molecule has 3 heterocycles. The van der Waals surface area contributed by atoms with Crippen LogP contribution in [0, 0.1) is 5.82 Å². The van der Waals surface area contributed by atoms with E-state index in [4.69, 9.17) is 0 Å². The lowest BCUT2D eigenvalue weighted by Crippen LogP contribution is -2.55. The molecule has 1 aromatic heterocycles. The number of rotatable bonds is 3. The largest absolute Gasteiger partial charge is 0.349 e. The van der Waals surface area contributed by atoms with Crippen LogP contribution >= 0.6 is 0 Å². The Morgan fingerprint density at radius 3 is 2.52 bits per heavy atom. The van der Waals surface area contributed by atoms with Crippen LogP contribution in [0.3, 0.4) is 0 Å². The van der Waals surface area contributed by atoms with Crippen molar-refractivity contribution in [1.82, 2.24) is 14.2 Å². The molecule has 27 heavy (non-hydrogen) atoms. The number of amides is 1. The quantitative estimate of drug-likeness (QED) is 0.869. The first-order chi connectivity index (χ1) is 12.7. The Balaban J connectivity index is 1.64. The van der Waals surface area contributed by atoms with E-state index < -0.39 is 15.8 Å². The summed E-state index contributed by atoms with van der Waals surface area (Å²) in [7, 11) is -1.45. The van der Waals surface area contributed by atoms with Gasteiger partial charge in [-0.1, -0.05) is 6.42 Å². The molecular formula is C19H24FN3O3S. The lowest BCUT2D eigenvalue weighted by atomic mass is 9.82. The molecular weight excluding hydrogens is 369 g/mol. The van der Waals surface area contributed by atoms with Crippen LogP contribution in [0.15, 0.2) is 24.4 Å². The van der Waals surface area contributed by atoms with Crippen LogP contribution in [0.1, 0.15) is 42.5 Å². The molecule has 2 aliphatic rings. The van der Waals surface area contributed by atoms with Crippen molar-refractivity contribution in [2.45, 2.75) is 50.2 Å². The fourth-order valence-electron chi connectivity index (χ4n) is 4.62. The third-order valence-electron chi connectivity index (χ3n) is 6.01. The highest BCUT2D eigenvalue weighted by Crippen LogP contribution is 2.33. The van der Waals surface area contributed by atoms with Crippen LogP contribution in [0.2, 0.25) is 0 Å². The van der Waals surface area contributed by atoms with E-state index in [2.05, 4.69) is 17.3 Å². The average Bonchev–Trinajstić information content (AvgIpc) is 2.94. The zero-order valence-electron chi connectivity index (χ0n) is 15.5. The summed E-state index contributed by atoms with van der Waals surface area (Å²) in [6.07, 6.45) is 7.63. The summed E-state index contributed by atoms with van der Waals surface area (Å²) in [6, 6.07) is 4.80. The molecule has 0 aliphatic carbocycles. The Morgan fingerprint density at radius 2 is 1.89 bits per heavy atom. The van der Waals surface area contributed by atoms with E-state index in [1.165, 1.54) is 30.8 Å². The van der Waals surface area contributed by atoms with Gasteiger partial charge in [0.15, 0.2) is 0 Å². The lowest BCUT2D eigenvalue weighted by Gasteiger charge is -2.47. The smallest absolute Gasteiger partial charge is 0.253 e. The highest BCUT2D eigenvalue weighted by molar-refractivity contribution is 7.89. The Bertz CT molecular complexity index is 987. The second-order valence-corrected chi connectivity index (χ2v) is 9.67. The predicted octanol–water partition coefficient (Wildman–Crippen LogP) is 2.33. The van der Waals surface area contributed by atoms with Gasteiger partial charge in [0, 0.05) is 29.7 Å². The summed E-state index contributed by atoms with van der Waals surface area (Å²) in [5.41, 5.74) is 0.503. The van der Waals surface area contributed by atoms with Crippen molar-refractivity contribution in [1.29, 1.82) is 0 Å². The number of benzene rings is 1. The number of piperidine rings is 2. The van der Waals surface area contributed by atoms with Crippen molar-refractivity contribution in [2.75, 3.05) is 13.3 Å². The van der Waals surface area contributed by atoms with Crippen LogP contribution in [0.25, 0.3) is 10.9 Å². The summed E-state index contributed by atoms with van der Waals surface area (Å²) in [5.74, 6) is -0.850. The van der Waals surface area contributed by atoms with Gasteiger partial charge in [0.05, 0.1) is 17.3 Å². The fourth-order valence-corrected chi connectivity index (χ4v) is 5.44. The molecule has 2 saturated heterocycles. The molecule has 3 atom stereocenters. The van der Waals surface area contributed by atoms with Gasteiger partial charge in [-0.15, -0.1) is 0 Å². The van der Waals surface area contributed by atoms with Crippen molar-refractivity contribution in [3.8, 4) is 0 Å². The minimum Gasteiger partial charge on any atom is -0.349 e. The van der Waals surface area contributed by atoms with Gasteiger partial charge in [-0.25, -0.2) is 16.8 Å². The van der Waals surface area contributed by atoms with Crippen molar-refractivity contribution < 1.29 is 17.6 Å². The Kier molecular flexibility index (Phi) is 4.50. The summed E-state index contributed by atoms with van der Waals surface area (Å²) in [4.78, 5) is 15.3. The fraction of sp³-hybridized carbons (Fsp3) is 0.526. The Hall–Kier alpha value is -1.93. The average molecular weight is 393 g/mol. The number of carbonyl (C=O) groups excluding carboxylic acids is 1. The monoisotopic (exact) mass is 393 g/mol. The van der Waals surface area contributed by atoms with E-state index in [9.17, 15) is 17.6 Å². The van der Waals surface area contributed by atoms with Crippen LogP contribution in [-0.4, -0.2) is 54.6 Å². The Morgan fingerprint density at radius 1 is 1.22 bits per heavy atom. The van der Waals surface area contributed by atoms with Crippen molar-refractivity contribution >= 4 is 26.8 Å². The highest BCUT2D eigenvalue weighted by atomic mass is 32.2. The van der Waals surface area contributed by atoms with Gasteiger partial charge >= 0.3 is 0 Å². The molecule has 0 radical (unpaired) electrons. The second kappa shape index (κ2) is 6.60. The molecule has 2 aliphatic heterocycles. The molecule has 1 aromatic carbocycles. The number of hydrogen-bond acceptors (Lipinski definition) is 4. The minimum absolute atomic E-state index is 0.0502. The maximum absolute atomic E-state index is 13.7. The van der Waals surface area contributed by atoms with Crippen LogP contribution in [0.4, 0.5) is 4.39 Å². The number of aromatic nitrogens is 1. The Labute approximate surface area is 158 Å². The SMILES string of the molecule is CN1[C@@H]2CCC[C@H]1C[C@H](NC(=O)c1cn(S(C)(=O)=O)c3ccc(F)cc13)C2. The summed E-state index contributed by atoms with van der Waals surface area (Å²) < 4.78 is 38.9. The number of hydrogen-bond donors (Lipinski definition) is 1. The van der Waals surface area contributed by atoms with Crippen LogP contribution in [-0.2, 0) is 10.0 Å². The van der Waals surface area contributed by atoms with Crippen molar-refractivity contribution in [3.63, 3.8) is 0 Å². The normalized spacial score (nSPS) is 26.3. The maximum Gasteiger partial charge on any atom is 0.253 e. The standard InChI is InChI=1S/C19H24FN3O3S/c1-22-14-4-3-5-15(22)10-13(9-14)21-19(24)17-11-23(27(2,25)26)18-7-6-12(20)8-16(17)18/h6-8,11,13-15H,3-5,9-10H2,1-2H3,(H,21,24)/t13-,14-,15+. The van der Waals surface area contributed by atoms with E-state index in [-0.39, 0.29) is 17.5 Å². The minimum atomic E-state index is -3.60. The zero-order valence-corrected chi connectivity index (χ0v) is 16.3. The molecule has 1 N–H and O–H groups in total. The molecule has 2 bridgehead atoms. The van der Waals surface area contributed by atoms with Crippen LogP contribution < -0.4 is 5.32 Å². The molecule has 4 rings (SSSR count). The van der Waals surface area contributed by atoms with E-state index in [1.807, 2.05) is 0 Å². The maximum atomic E-state index is 13.7. The molecule has 0 unspecified atom stereocenters. The molecule has 0 spiro atoms. The summed E-state index contributed by atoms with van der Waals surface area (Å²) >= 11 is 0. The molecule has 2 aromatic rings. The van der Waals surface area contributed by atoms with E-state index in [0.29, 0.717) is 23.0 Å². The van der Waals surface area contributed by atoms with Crippen molar-refractivity contribution in [3.05, 3.63) is 35.8 Å². The van der Waals surface area contributed by atoms with Gasteiger partial charge in [0.1, 0.15) is 5.82 Å². The van der Waals surface area contributed by atoms with Gasteiger partial charge in [-0.05, 0) is 50.9 Å². The number of carbonyl (C=O) groups is 1. The predicted molar refractivity (Wildman–Crippen MR) is 102 cm³/mol. The third kappa shape index (κ3) is 3.36. The molecule has 0 saturated carbocycles. The van der Waals surface area contributed by atoms with Gasteiger partial charge in [-0.2, -0.15) is 0 Å². The number of halogens is 1. The van der Waals surface area contributed by atoms with E-state index >= 15 is 0 Å². The first-order valence-electron chi connectivity index (χ1n) is 9.28. The van der Waals surface area contributed by atoms with Gasteiger partial charge in [0.2, 0.25) is 10.0 Å². The second-order valence-electron chi connectivity index (χ2n) is 7.81. The molecule has 1 amide bonds. The summed E-state index contributed by atoms with van der Waals surface area (Å²) in [6.45, 7) is 0. The van der Waals surface area contributed by atoms with Gasteiger partial charge in [0.25, 0.3) is 5.91 Å². The van der Waals surface area contributed by atoms with Gasteiger partial charge in [-0.3, -0.25) is 4.79 Å². The number of nitrogens with one attached hydrogen (secondary N) is 1. The van der Waals surface area contributed by atoms with Crippen LogP contribution in [0.5, 0.6) is 0 Å². The first kappa shape index (κ1) is 18.4.